The fraction of sp³-hybridized carbons (Fsp3) is 0.600. The molecule has 6 heteroatoms. The average Bonchev–Trinajstić information content (AvgIpc) is 3.01. The zero-order valence-electron chi connectivity index (χ0n) is 12.8. The first-order chi connectivity index (χ1) is 10.1. The van der Waals surface area contributed by atoms with Crippen LogP contribution in [0.2, 0.25) is 0 Å². The number of hydrogen-bond acceptors (Lipinski definition) is 4. The second-order valence-electron chi connectivity index (χ2n) is 5.86. The first-order valence-electron chi connectivity index (χ1n) is 7.47. The molecule has 0 spiro atoms. The van der Waals surface area contributed by atoms with Crippen molar-refractivity contribution in [3.05, 3.63) is 16.6 Å². The Morgan fingerprint density at radius 3 is 3.10 bits per heavy atom. The lowest BCUT2D eigenvalue weighted by atomic mass is 9.98. The van der Waals surface area contributed by atoms with Crippen molar-refractivity contribution in [2.45, 2.75) is 19.8 Å². The number of amides is 1. The van der Waals surface area contributed by atoms with Gasteiger partial charge in [0, 0.05) is 25.5 Å². The highest BCUT2D eigenvalue weighted by atomic mass is 32.1. The molecule has 0 bridgehead atoms. The Morgan fingerprint density at radius 2 is 2.38 bits per heavy atom. The molecule has 2 aromatic rings. The molecule has 21 heavy (non-hydrogen) atoms. The van der Waals surface area contributed by atoms with Crippen LogP contribution in [0.25, 0.3) is 10.2 Å². The minimum Gasteiger partial charge on any atom is -0.338 e. The fourth-order valence-corrected chi connectivity index (χ4v) is 4.26. The molecule has 1 aliphatic rings. The molecule has 1 aliphatic heterocycles. The molecule has 1 saturated heterocycles. The van der Waals surface area contributed by atoms with Crippen molar-refractivity contribution in [3.8, 4) is 0 Å². The molecule has 0 aromatic carbocycles. The van der Waals surface area contributed by atoms with Gasteiger partial charge in [-0.1, -0.05) is 0 Å². The molecule has 2 aromatic heterocycles. The Bertz CT molecular complexity index is 623. The van der Waals surface area contributed by atoms with Gasteiger partial charge in [0.05, 0.1) is 10.6 Å². The SMILES string of the molecule is CNCC1CCCN(C(=O)c2cc3c(C)nn(C)c3s2)C1. The number of hydrogen-bond donors (Lipinski definition) is 1. The van der Waals surface area contributed by atoms with E-state index in [0.717, 1.165) is 46.8 Å². The van der Waals surface area contributed by atoms with Gasteiger partial charge in [0.1, 0.15) is 4.83 Å². The number of aryl methyl sites for hydroxylation is 2. The first kappa shape index (κ1) is 14.5. The highest BCUT2D eigenvalue weighted by Gasteiger charge is 2.26. The molecule has 114 valence electrons. The predicted octanol–water partition coefficient (Wildman–Crippen LogP) is 2.01. The van der Waals surface area contributed by atoms with Gasteiger partial charge in [0.2, 0.25) is 0 Å². The number of piperidine rings is 1. The quantitative estimate of drug-likeness (QED) is 0.944. The molecule has 1 N–H and O–H groups in total. The Balaban J connectivity index is 1.81. The van der Waals surface area contributed by atoms with Crippen molar-refractivity contribution >= 4 is 27.5 Å². The van der Waals surface area contributed by atoms with Gasteiger partial charge < -0.3 is 10.2 Å². The van der Waals surface area contributed by atoms with E-state index in [9.17, 15) is 4.79 Å². The zero-order chi connectivity index (χ0) is 15.0. The lowest BCUT2D eigenvalue weighted by Gasteiger charge is -2.32. The van der Waals surface area contributed by atoms with Crippen molar-refractivity contribution in [1.82, 2.24) is 20.0 Å². The minimum atomic E-state index is 0.177. The molecular weight excluding hydrogens is 284 g/mol. The topological polar surface area (TPSA) is 50.2 Å². The summed E-state index contributed by atoms with van der Waals surface area (Å²) >= 11 is 1.55. The Morgan fingerprint density at radius 1 is 1.57 bits per heavy atom. The van der Waals surface area contributed by atoms with Crippen LogP contribution in [-0.4, -0.2) is 47.3 Å². The fourth-order valence-electron chi connectivity index (χ4n) is 3.17. The third kappa shape index (κ3) is 2.70. The molecule has 0 aliphatic carbocycles. The molecule has 0 saturated carbocycles. The molecule has 3 rings (SSSR count). The molecule has 0 radical (unpaired) electrons. The Kier molecular flexibility index (Phi) is 3.99. The first-order valence-corrected chi connectivity index (χ1v) is 8.29. The van der Waals surface area contributed by atoms with Crippen LogP contribution in [0.4, 0.5) is 0 Å². The van der Waals surface area contributed by atoms with E-state index in [2.05, 4.69) is 10.4 Å². The van der Waals surface area contributed by atoms with Crippen LogP contribution in [0.1, 0.15) is 28.2 Å². The summed E-state index contributed by atoms with van der Waals surface area (Å²) in [5.74, 6) is 0.752. The lowest BCUT2D eigenvalue weighted by Crippen LogP contribution is -2.42. The zero-order valence-corrected chi connectivity index (χ0v) is 13.7. The number of likely N-dealkylation sites (tertiary alicyclic amines) is 1. The van der Waals surface area contributed by atoms with Crippen LogP contribution in [0.3, 0.4) is 0 Å². The van der Waals surface area contributed by atoms with Gasteiger partial charge in [-0.25, -0.2) is 0 Å². The van der Waals surface area contributed by atoms with Crippen LogP contribution in [0.5, 0.6) is 0 Å². The summed E-state index contributed by atoms with van der Waals surface area (Å²) < 4.78 is 1.87. The number of carbonyl (C=O) groups excluding carboxylic acids is 1. The number of fused-ring (bicyclic) bond motifs is 1. The van der Waals surface area contributed by atoms with Gasteiger partial charge in [-0.3, -0.25) is 9.48 Å². The summed E-state index contributed by atoms with van der Waals surface area (Å²) in [6.45, 7) is 4.72. The van der Waals surface area contributed by atoms with Crippen molar-refractivity contribution in [2.75, 3.05) is 26.7 Å². The van der Waals surface area contributed by atoms with Crippen molar-refractivity contribution in [2.24, 2.45) is 13.0 Å². The van der Waals surface area contributed by atoms with Gasteiger partial charge in [0.25, 0.3) is 5.91 Å². The summed E-state index contributed by atoms with van der Waals surface area (Å²) in [7, 11) is 3.91. The number of carbonyl (C=O) groups is 1. The summed E-state index contributed by atoms with van der Waals surface area (Å²) in [4.78, 5) is 16.7. The van der Waals surface area contributed by atoms with Crippen LogP contribution in [0, 0.1) is 12.8 Å². The van der Waals surface area contributed by atoms with Crippen molar-refractivity contribution < 1.29 is 4.79 Å². The number of nitrogens with zero attached hydrogens (tertiary/aromatic N) is 3. The lowest BCUT2D eigenvalue weighted by molar-refractivity contribution is 0.0679. The van der Waals surface area contributed by atoms with Crippen molar-refractivity contribution in [3.63, 3.8) is 0 Å². The second kappa shape index (κ2) is 5.77. The smallest absolute Gasteiger partial charge is 0.264 e. The van der Waals surface area contributed by atoms with Gasteiger partial charge >= 0.3 is 0 Å². The van der Waals surface area contributed by atoms with E-state index >= 15 is 0 Å². The number of rotatable bonds is 3. The monoisotopic (exact) mass is 306 g/mol. The van der Waals surface area contributed by atoms with Gasteiger partial charge in [0.15, 0.2) is 0 Å². The van der Waals surface area contributed by atoms with Gasteiger partial charge in [-0.05, 0) is 45.3 Å². The standard InChI is InChI=1S/C15H22N4OS/c1-10-12-7-13(21-15(12)18(3)17-10)14(20)19-6-4-5-11(9-19)8-16-2/h7,11,16H,4-6,8-9H2,1-3H3. The predicted molar refractivity (Wildman–Crippen MR) is 85.9 cm³/mol. The Labute approximate surface area is 128 Å². The average molecular weight is 306 g/mol. The molecule has 5 nitrogen and oxygen atoms in total. The van der Waals surface area contributed by atoms with E-state index in [1.165, 1.54) is 6.42 Å². The molecule has 1 fully saturated rings. The summed E-state index contributed by atoms with van der Waals surface area (Å²) in [5, 5.41) is 8.72. The van der Waals surface area contributed by atoms with Crippen LogP contribution < -0.4 is 5.32 Å². The maximum absolute atomic E-state index is 12.7. The third-order valence-electron chi connectivity index (χ3n) is 4.21. The van der Waals surface area contributed by atoms with Crippen LogP contribution in [0.15, 0.2) is 6.07 Å². The van der Waals surface area contributed by atoms with E-state index in [1.54, 1.807) is 11.3 Å². The van der Waals surface area contributed by atoms with E-state index in [1.807, 2.05) is 36.7 Å². The van der Waals surface area contributed by atoms with Crippen LogP contribution in [-0.2, 0) is 7.05 Å². The highest BCUT2D eigenvalue weighted by molar-refractivity contribution is 7.20. The van der Waals surface area contributed by atoms with E-state index in [4.69, 9.17) is 0 Å². The van der Waals surface area contributed by atoms with Crippen molar-refractivity contribution in [1.29, 1.82) is 0 Å². The number of aromatic nitrogens is 2. The minimum absolute atomic E-state index is 0.177. The number of nitrogens with one attached hydrogen (secondary N) is 1. The summed E-state index contributed by atoms with van der Waals surface area (Å²) in [6.07, 6.45) is 2.31. The molecule has 1 atom stereocenters. The molecule has 3 heterocycles. The van der Waals surface area contributed by atoms with Gasteiger partial charge in [-0.2, -0.15) is 5.10 Å². The van der Waals surface area contributed by atoms with Gasteiger partial charge in [-0.15, -0.1) is 11.3 Å². The maximum Gasteiger partial charge on any atom is 0.264 e. The third-order valence-corrected chi connectivity index (χ3v) is 5.40. The summed E-state index contributed by atoms with van der Waals surface area (Å²) in [5.41, 5.74) is 0.995. The maximum atomic E-state index is 12.7. The summed E-state index contributed by atoms with van der Waals surface area (Å²) in [6, 6.07) is 2.01. The molecular formula is C15H22N4OS. The van der Waals surface area contributed by atoms with E-state index < -0.39 is 0 Å². The second-order valence-corrected chi connectivity index (χ2v) is 6.89. The Hall–Kier alpha value is -1.40. The molecule has 1 unspecified atom stereocenters. The number of thiophene rings is 1. The normalized spacial score (nSPS) is 19.4. The van der Waals surface area contributed by atoms with E-state index in [0.29, 0.717) is 5.92 Å². The molecule has 1 amide bonds. The van der Waals surface area contributed by atoms with E-state index in [-0.39, 0.29) is 5.91 Å². The largest absolute Gasteiger partial charge is 0.338 e. The highest BCUT2D eigenvalue weighted by Crippen LogP contribution is 2.29. The van der Waals surface area contributed by atoms with Crippen LogP contribution >= 0.6 is 11.3 Å².